The second-order valence-corrected chi connectivity index (χ2v) is 6.67. The standard InChI is InChI=1S/C18H35NO/c1-3-5-7-9-11-16(12-10-8-6-4-2)13-17-14-18(20)19-15-17/h16-17H,3-15H2,1-2H3,(H,19,20)/t17-/m1/s1. The minimum absolute atomic E-state index is 0.269. The number of unbranched alkanes of at least 4 members (excludes halogenated alkanes) is 6. The van der Waals surface area contributed by atoms with Gasteiger partial charge in [-0.15, -0.1) is 0 Å². The summed E-state index contributed by atoms with van der Waals surface area (Å²) in [6.45, 7) is 5.48. The molecule has 1 aliphatic heterocycles. The molecule has 1 heterocycles. The van der Waals surface area contributed by atoms with Crippen molar-refractivity contribution in [1.29, 1.82) is 0 Å². The third kappa shape index (κ3) is 7.91. The van der Waals surface area contributed by atoms with E-state index >= 15 is 0 Å². The lowest BCUT2D eigenvalue weighted by Gasteiger charge is -2.20. The van der Waals surface area contributed by atoms with Crippen LogP contribution in [0.15, 0.2) is 0 Å². The summed E-state index contributed by atoms with van der Waals surface area (Å²) in [6, 6.07) is 0. The predicted molar refractivity (Wildman–Crippen MR) is 86.7 cm³/mol. The molecular formula is C18H35NO. The lowest BCUT2D eigenvalue weighted by atomic mass is 9.86. The summed E-state index contributed by atoms with van der Waals surface area (Å²) in [5, 5.41) is 2.99. The van der Waals surface area contributed by atoms with Crippen molar-refractivity contribution in [1.82, 2.24) is 5.32 Å². The molecule has 0 aromatic rings. The van der Waals surface area contributed by atoms with E-state index in [1.807, 2.05) is 0 Å². The van der Waals surface area contributed by atoms with Crippen molar-refractivity contribution >= 4 is 5.91 Å². The van der Waals surface area contributed by atoms with E-state index in [4.69, 9.17) is 0 Å². The van der Waals surface area contributed by atoms with Crippen LogP contribution in [0.5, 0.6) is 0 Å². The van der Waals surface area contributed by atoms with Crippen molar-refractivity contribution in [3.8, 4) is 0 Å². The van der Waals surface area contributed by atoms with E-state index in [-0.39, 0.29) is 5.91 Å². The number of rotatable bonds is 12. The molecular weight excluding hydrogens is 246 g/mol. The molecule has 0 spiro atoms. The van der Waals surface area contributed by atoms with Crippen molar-refractivity contribution in [2.45, 2.75) is 90.9 Å². The SMILES string of the molecule is CCCCCCC(CCCCCC)C[C@H]1CNC(=O)C1. The zero-order chi connectivity index (χ0) is 14.6. The van der Waals surface area contributed by atoms with Crippen LogP contribution >= 0.6 is 0 Å². The fraction of sp³-hybridized carbons (Fsp3) is 0.944. The summed E-state index contributed by atoms with van der Waals surface area (Å²) in [4.78, 5) is 11.3. The average molecular weight is 281 g/mol. The van der Waals surface area contributed by atoms with Gasteiger partial charge >= 0.3 is 0 Å². The summed E-state index contributed by atoms with van der Waals surface area (Å²) in [6.07, 6.45) is 15.8. The maximum absolute atomic E-state index is 11.3. The molecule has 2 nitrogen and oxygen atoms in total. The van der Waals surface area contributed by atoms with Gasteiger partial charge in [0.15, 0.2) is 0 Å². The quantitative estimate of drug-likeness (QED) is 0.497. The van der Waals surface area contributed by atoms with Gasteiger partial charge in [-0.25, -0.2) is 0 Å². The predicted octanol–water partition coefficient (Wildman–Crippen LogP) is 5.07. The molecule has 0 aromatic carbocycles. The summed E-state index contributed by atoms with van der Waals surface area (Å²) in [5.41, 5.74) is 0. The van der Waals surface area contributed by atoms with Gasteiger partial charge in [0.1, 0.15) is 0 Å². The first kappa shape index (κ1) is 17.5. The molecule has 20 heavy (non-hydrogen) atoms. The van der Waals surface area contributed by atoms with Gasteiger partial charge in [0.05, 0.1) is 0 Å². The van der Waals surface area contributed by atoms with Crippen LogP contribution in [0.2, 0.25) is 0 Å². The average Bonchev–Trinajstić information content (AvgIpc) is 2.84. The van der Waals surface area contributed by atoms with Gasteiger partial charge in [0.25, 0.3) is 0 Å². The molecule has 1 fully saturated rings. The van der Waals surface area contributed by atoms with Gasteiger partial charge in [-0.1, -0.05) is 78.1 Å². The topological polar surface area (TPSA) is 29.1 Å². The highest BCUT2D eigenvalue weighted by Gasteiger charge is 2.24. The number of nitrogens with one attached hydrogen (secondary N) is 1. The first-order valence-electron chi connectivity index (χ1n) is 9.02. The summed E-state index contributed by atoms with van der Waals surface area (Å²) in [7, 11) is 0. The van der Waals surface area contributed by atoms with Gasteiger partial charge in [-0.2, -0.15) is 0 Å². The minimum Gasteiger partial charge on any atom is -0.356 e. The zero-order valence-corrected chi connectivity index (χ0v) is 13.8. The van der Waals surface area contributed by atoms with E-state index in [0.717, 1.165) is 18.9 Å². The Hall–Kier alpha value is -0.530. The van der Waals surface area contributed by atoms with Crippen LogP contribution in [0.25, 0.3) is 0 Å². The van der Waals surface area contributed by atoms with Crippen LogP contribution in [0, 0.1) is 11.8 Å². The summed E-state index contributed by atoms with van der Waals surface area (Å²) in [5.74, 6) is 1.75. The Morgan fingerprint density at radius 2 is 1.60 bits per heavy atom. The lowest BCUT2D eigenvalue weighted by molar-refractivity contribution is -0.119. The minimum atomic E-state index is 0.269. The molecule has 0 radical (unpaired) electrons. The normalized spacial score (nSPS) is 18.8. The van der Waals surface area contributed by atoms with Gasteiger partial charge in [-0.05, 0) is 18.3 Å². The Kier molecular flexibility index (Phi) is 9.78. The van der Waals surface area contributed by atoms with Crippen LogP contribution in [-0.2, 0) is 4.79 Å². The lowest BCUT2D eigenvalue weighted by Crippen LogP contribution is -2.15. The maximum Gasteiger partial charge on any atom is 0.220 e. The molecule has 1 rings (SSSR count). The highest BCUT2D eigenvalue weighted by Crippen LogP contribution is 2.27. The Labute approximate surface area is 126 Å². The molecule has 0 aliphatic carbocycles. The number of hydrogen-bond donors (Lipinski definition) is 1. The van der Waals surface area contributed by atoms with Crippen molar-refractivity contribution in [2.24, 2.45) is 11.8 Å². The van der Waals surface area contributed by atoms with Crippen molar-refractivity contribution in [3.63, 3.8) is 0 Å². The zero-order valence-electron chi connectivity index (χ0n) is 13.8. The highest BCUT2D eigenvalue weighted by molar-refractivity contribution is 5.78. The number of carbonyl (C=O) groups is 1. The molecule has 1 atom stereocenters. The third-order valence-electron chi connectivity index (χ3n) is 4.66. The van der Waals surface area contributed by atoms with Gasteiger partial charge < -0.3 is 5.32 Å². The van der Waals surface area contributed by atoms with Crippen LogP contribution in [0.1, 0.15) is 90.9 Å². The van der Waals surface area contributed by atoms with Gasteiger partial charge in [0.2, 0.25) is 5.91 Å². The van der Waals surface area contributed by atoms with E-state index in [1.54, 1.807) is 0 Å². The Morgan fingerprint density at radius 1 is 1.00 bits per heavy atom. The molecule has 0 unspecified atom stereocenters. The first-order chi connectivity index (χ1) is 9.76. The smallest absolute Gasteiger partial charge is 0.220 e. The Morgan fingerprint density at radius 3 is 2.05 bits per heavy atom. The molecule has 1 N–H and O–H groups in total. The third-order valence-corrected chi connectivity index (χ3v) is 4.66. The molecule has 1 saturated heterocycles. The number of hydrogen-bond acceptors (Lipinski definition) is 1. The van der Waals surface area contributed by atoms with Gasteiger partial charge in [-0.3, -0.25) is 4.79 Å². The molecule has 1 amide bonds. The second-order valence-electron chi connectivity index (χ2n) is 6.67. The van der Waals surface area contributed by atoms with E-state index < -0.39 is 0 Å². The number of amides is 1. The maximum atomic E-state index is 11.3. The van der Waals surface area contributed by atoms with Crippen LogP contribution in [0.3, 0.4) is 0 Å². The monoisotopic (exact) mass is 281 g/mol. The van der Waals surface area contributed by atoms with E-state index in [9.17, 15) is 4.79 Å². The molecule has 2 heteroatoms. The Bertz CT molecular complexity index is 240. The van der Waals surface area contributed by atoms with Gasteiger partial charge in [0, 0.05) is 13.0 Å². The van der Waals surface area contributed by atoms with E-state index in [1.165, 1.54) is 70.6 Å². The number of carbonyl (C=O) groups excluding carboxylic acids is 1. The fourth-order valence-electron chi connectivity index (χ4n) is 3.40. The van der Waals surface area contributed by atoms with Crippen LogP contribution in [-0.4, -0.2) is 12.5 Å². The first-order valence-corrected chi connectivity index (χ1v) is 9.02. The molecule has 118 valence electrons. The largest absolute Gasteiger partial charge is 0.356 e. The second kappa shape index (κ2) is 11.2. The van der Waals surface area contributed by atoms with Crippen LogP contribution in [0.4, 0.5) is 0 Å². The van der Waals surface area contributed by atoms with Crippen molar-refractivity contribution in [3.05, 3.63) is 0 Å². The fourth-order valence-corrected chi connectivity index (χ4v) is 3.40. The highest BCUT2D eigenvalue weighted by atomic mass is 16.1. The molecule has 0 aromatic heterocycles. The molecule has 1 aliphatic rings. The molecule has 0 bridgehead atoms. The van der Waals surface area contributed by atoms with Crippen LogP contribution < -0.4 is 5.32 Å². The Balaban J connectivity index is 2.23. The molecule has 0 saturated carbocycles. The van der Waals surface area contributed by atoms with E-state index in [0.29, 0.717) is 5.92 Å². The van der Waals surface area contributed by atoms with Crippen molar-refractivity contribution in [2.75, 3.05) is 6.54 Å². The van der Waals surface area contributed by atoms with Crippen molar-refractivity contribution < 1.29 is 4.79 Å². The summed E-state index contributed by atoms with van der Waals surface area (Å²) >= 11 is 0. The van der Waals surface area contributed by atoms with E-state index in [2.05, 4.69) is 19.2 Å². The summed E-state index contributed by atoms with van der Waals surface area (Å²) < 4.78 is 0.